The van der Waals surface area contributed by atoms with Crippen molar-refractivity contribution in [2.24, 2.45) is 5.41 Å². The van der Waals surface area contributed by atoms with Gasteiger partial charge in [-0.3, -0.25) is 9.38 Å². The van der Waals surface area contributed by atoms with E-state index < -0.39 is 11.6 Å². The maximum atomic E-state index is 14.3. The summed E-state index contributed by atoms with van der Waals surface area (Å²) < 4.78 is 56.4. The molecule has 0 atom stereocenters. The fourth-order valence-corrected chi connectivity index (χ4v) is 5.16. The SMILES string of the molecule is Cc1nnc2nc(N3CCCc4c(CCC5(C(F)(F)F)CC5)cncc43)c3cc(F)ccc3n12. The molecular formula is C24H22F4N6. The molecule has 176 valence electrons. The fraction of sp³-hybridized carbons (Fsp3) is 0.417. The molecule has 1 aliphatic carbocycles. The lowest BCUT2D eigenvalue weighted by Gasteiger charge is -2.32. The van der Waals surface area contributed by atoms with Crippen LogP contribution in [0.4, 0.5) is 29.1 Å². The van der Waals surface area contributed by atoms with Crippen LogP contribution in [0.2, 0.25) is 0 Å². The van der Waals surface area contributed by atoms with E-state index in [1.165, 1.54) is 12.1 Å². The van der Waals surface area contributed by atoms with E-state index in [1.807, 2.05) is 11.8 Å². The normalized spacial score (nSPS) is 17.4. The molecule has 6 nitrogen and oxygen atoms in total. The number of halogens is 4. The molecule has 0 N–H and O–H groups in total. The van der Waals surface area contributed by atoms with Crippen molar-refractivity contribution in [2.75, 3.05) is 11.4 Å². The van der Waals surface area contributed by atoms with E-state index in [2.05, 4.69) is 15.2 Å². The van der Waals surface area contributed by atoms with Crippen LogP contribution >= 0.6 is 0 Å². The average Bonchev–Trinajstić information content (AvgIpc) is 3.53. The standard InChI is InChI=1S/C24H22F4N6/c1-14-31-32-22-30-21(18-11-16(25)4-5-19(18)34(14)22)33-10-2-3-17-15(12-29-13-20(17)33)6-7-23(8-9-23)24(26,27)28/h4-5,11-13H,2-3,6-10H2,1H3. The number of benzene rings is 1. The van der Waals surface area contributed by atoms with Crippen molar-refractivity contribution >= 4 is 28.2 Å². The van der Waals surface area contributed by atoms with Crippen LogP contribution in [-0.4, -0.2) is 37.3 Å². The monoisotopic (exact) mass is 470 g/mol. The summed E-state index contributed by atoms with van der Waals surface area (Å²) in [6.45, 7) is 2.44. The predicted octanol–water partition coefficient (Wildman–Crippen LogP) is 5.48. The first-order valence-corrected chi connectivity index (χ1v) is 11.4. The Balaban J connectivity index is 1.44. The van der Waals surface area contributed by atoms with E-state index in [1.54, 1.807) is 22.9 Å². The average molecular weight is 470 g/mol. The minimum absolute atomic E-state index is 0.0754. The number of hydrogen-bond donors (Lipinski definition) is 0. The van der Waals surface area contributed by atoms with E-state index in [-0.39, 0.29) is 25.1 Å². The quantitative estimate of drug-likeness (QED) is 0.370. The lowest BCUT2D eigenvalue weighted by Crippen LogP contribution is -2.28. The van der Waals surface area contributed by atoms with Crippen molar-refractivity contribution in [2.45, 2.75) is 51.6 Å². The third-order valence-electron chi connectivity index (χ3n) is 7.26. The van der Waals surface area contributed by atoms with Crippen LogP contribution in [0.25, 0.3) is 16.7 Å². The molecule has 1 aromatic carbocycles. The Hall–Kier alpha value is -3.30. The van der Waals surface area contributed by atoms with E-state index in [0.29, 0.717) is 35.8 Å². The molecule has 34 heavy (non-hydrogen) atoms. The molecule has 0 saturated heterocycles. The molecule has 0 bridgehead atoms. The van der Waals surface area contributed by atoms with Crippen molar-refractivity contribution in [1.29, 1.82) is 0 Å². The van der Waals surface area contributed by atoms with Crippen molar-refractivity contribution in [3.05, 3.63) is 53.4 Å². The van der Waals surface area contributed by atoms with E-state index in [0.717, 1.165) is 35.2 Å². The van der Waals surface area contributed by atoms with Gasteiger partial charge in [0.15, 0.2) is 0 Å². The van der Waals surface area contributed by atoms with Gasteiger partial charge in [0.2, 0.25) is 0 Å². The molecule has 3 aromatic heterocycles. The number of rotatable bonds is 4. The number of pyridine rings is 1. The molecule has 0 radical (unpaired) electrons. The van der Waals surface area contributed by atoms with E-state index in [4.69, 9.17) is 4.98 Å². The van der Waals surface area contributed by atoms with Crippen molar-refractivity contribution in [1.82, 2.24) is 24.6 Å². The van der Waals surface area contributed by atoms with Crippen LogP contribution in [0.5, 0.6) is 0 Å². The highest BCUT2D eigenvalue weighted by molar-refractivity contribution is 5.94. The molecule has 6 rings (SSSR count). The van der Waals surface area contributed by atoms with Crippen LogP contribution in [0.3, 0.4) is 0 Å². The maximum absolute atomic E-state index is 14.3. The Morgan fingerprint density at radius 3 is 2.71 bits per heavy atom. The molecule has 1 aliphatic heterocycles. The number of anilines is 2. The van der Waals surface area contributed by atoms with Gasteiger partial charge in [-0.25, -0.2) is 4.39 Å². The van der Waals surface area contributed by atoms with Crippen molar-refractivity contribution < 1.29 is 17.6 Å². The van der Waals surface area contributed by atoms with E-state index >= 15 is 0 Å². The number of aromatic nitrogens is 5. The zero-order valence-corrected chi connectivity index (χ0v) is 18.5. The largest absolute Gasteiger partial charge is 0.394 e. The lowest BCUT2D eigenvalue weighted by atomic mass is 9.91. The number of hydrogen-bond acceptors (Lipinski definition) is 5. The molecule has 4 heterocycles. The highest BCUT2D eigenvalue weighted by atomic mass is 19.4. The minimum Gasteiger partial charge on any atom is -0.324 e. The second-order valence-electron chi connectivity index (χ2n) is 9.31. The van der Waals surface area contributed by atoms with Crippen LogP contribution in [0.15, 0.2) is 30.6 Å². The molecule has 1 fully saturated rings. The highest BCUT2D eigenvalue weighted by Gasteiger charge is 2.62. The second-order valence-corrected chi connectivity index (χ2v) is 9.31. The van der Waals surface area contributed by atoms with Gasteiger partial charge in [0.05, 0.1) is 22.8 Å². The van der Waals surface area contributed by atoms with Gasteiger partial charge in [-0.1, -0.05) is 0 Å². The van der Waals surface area contributed by atoms with E-state index in [9.17, 15) is 17.6 Å². The van der Waals surface area contributed by atoms with Crippen LogP contribution < -0.4 is 4.90 Å². The van der Waals surface area contributed by atoms with Crippen molar-refractivity contribution in [3.63, 3.8) is 0 Å². The first-order valence-electron chi connectivity index (χ1n) is 11.4. The van der Waals surface area contributed by atoms with Gasteiger partial charge in [-0.15, -0.1) is 10.2 Å². The molecule has 0 unspecified atom stereocenters. The third kappa shape index (κ3) is 3.22. The van der Waals surface area contributed by atoms with Crippen molar-refractivity contribution in [3.8, 4) is 0 Å². The molecule has 0 amide bonds. The summed E-state index contributed by atoms with van der Waals surface area (Å²) in [5.74, 6) is 1.21. The summed E-state index contributed by atoms with van der Waals surface area (Å²) in [7, 11) is 0. The summed E-state index contributed by atoms with van der Waals surface area (Å²) in [5.41, 5.74) is 1.83. The molecule has 4 aromatic rings. The number of nitrogens with zero attached hydrogens (tertiary/aromatic N) is 6. The molecule has 2 aliphatic rings. The molecular weight excluding hydrogens is 448 g/mol. The maximum Gasteiger partial charge on any atom is 0.394 e. The Labute approximate surface area is 192 Å². The first kappa shape index (κ1) is 21.2. The number of alkyl halides is 3. The smallest absolute Gasteiger partial charge is 0.324 e. The Morgan fingerprint density at radius 2 is 1.94 bits per heavy atom. The third-order valence-corrected chi connectivity index (χ3v) is 7.26. The molecule has 0 spiro atoms. The van der Waals surface area contributed by atoms with Gasteiger partial charge in [0.1, 0.15) is 17.5 Å². The summed E-state index contributed by atoms with van der Waals surface area (Å²) in [6.07, 6.45) is 1.59. The zero-order chi connectivity index (χ0) is 23.7. The second kappa shape index (κ2) is 7.35. The van der Waals surface area contributed by atoms with Gasteiger partial charge in [-0.2, -0.15) is 18.2 Å². The first-order chi connectivity index (χ1) is 16.3. The van der Waals surface area contributed by atoms with Crippen LogP contribution in [0.1, 0.15) is 42.6 Å². The summed E-state index contributed by atoms with van der Waals surface area (Å²) in [6, 6.07) is 4.52. The van der Waals surface area contributed by atoms with Gasteiger partial charge < -0.3 is 4.90 Å². The van der Waals surface area contributed by atoms with Gasteiger partial charge in [-0.05, 0) is 74.8 Å². The fourth-order valence-electron chi connectivity index (χ4n) is 5.16. The molecule has 1 saturated carbocycles. The van der Waals surface area contributed by atoms with Crippen LogP contribution in [0, 0.1) is 18.2 Å². The Morgan fingerprint density at radius 1 is 1.12 bits per heavy atom. The Bertz CT molecular complexity index is 1420. The molecule has 10 heteroatoms. The minimum atomic E-state index is -4.17. The van der Waals surface area contributed by atoms with Gasteiger partial charge in [0, 0.05) is 18.1 Å². The number of fused-ring (bicyclic) bond motifs is 4. The summed E-state index contributed by atoms with van der Waals surface area (Å²) >= 11 is 0. The number of aryl methyl sites for hydroxylation is 2. The zero-order valence-electron chi connectivity index (χ0n) is 18.5. The summed E-state index contributed by atoms with van der Waals surface area (Å²) in [5, 5.41) is 8.90. The Kier molecular flexibility index (Phi) is 4.59. The topological polar surface area (TPSA) is 59.2 Å². The highest BCUT2D eigenvalue weighted by Crippen LogP contribution is 2.60. The van der Waals surface area contributed by atoms with Gasteiger partial charge in [0.25, 0.3) is 5.78 Å². The predicted molar refractivity (Wildman–Crippen MR) is 119 cm³/mol. The lowest BCUT2D eigenvalue weighted by molar-refractivity contribution is -0.188. The summed E-state index contributed by atoms with van der Waals surface area (Å²) in [4.78, 5) is 11.1. The van der Waals surface area contributed by atoms with Gasteiger partial charge >= 0.3 is 6.18 Å². The van der Waals surface area contributed by atoms with Crippen LogP contribution in [-0.2, 0) is 12.8 Å².